The van der Waals surface area contributed by atoms with Gasteiger partial charge in [0.15, 0.2) is 0 Å². The molecule has 78 valence electrons. The molecule has 0 amide bonds. The number of hydrogen-bond donors (Lipinski definition) is 2. The molecule has 0 aliphatic heterocycles. The zero-order valence-corrected chi connectivity index (χ0v) is 8.24. The first-order valence-corrected chi connectivity index (χ1v) is 4.67. The van der Waals surface area contributed by atoms with Crippen molar-refractivity contribution in [3.63, 3.8) is 0 Å². The molecule has 1 atom stereocenters. The molecule has 1 saturated carbocycles. The van der Waals surface area contributed by atoms with Crippen LogP contribution in [0.5, 0.6) is 0 Å². The Hall–Kier alpha value is -0.220. The maximum absolute atomic E-state index is 12.0. The highest BCUT2D eigenvalue weighted by molar-refractivity contribution is 5.08. The maximum Gasteiger partial charge on any atom is 0.250 e. The summed E-state index contributed by atoms with van der Waals surface area (Å²) < 4.78 is 24.0. The van der Waals surface area contributed by atoms with Crippen LogP contribution < -0.4 is 11.1 Å². The smallest absolute Gasteiger partial charge is 0.250 e. The van der Waals surface area contributed by atoms with Gasteiger partial charge in [-0.1, -0.05) is 6.92 Å². The Kier molecular flexibility index (Phi) is 2.92. The van der Waals surface area contributed by atoms with E-state index in [9.17, 15) is 8.78 Å². The molecule has 4 heteroatoms. The van der Waals surface area contributed by atoms with E-state index in [-0.39, 0.29) is 17.5 Å². The summed E-state index contributed by atoms with van der Waals surface area (Å²) in [4.78, 5) is 0. The Morgan fingerprint density at radius 3 is 2.38 bits per heavy atom. The van der Waals surface area contributed by atoms with Crippen molar-refractivity contribution in [2.24, 2.45) is 11.1 Å². The number of nitrogens with two attached hydrogens (primary N) is 1. The topological polar surface area (TPSA) is 38.0 Å². The highest BCUT2D eigenvalue weighted by Crippen LogP contribution is 2.53. The summed E-state index contributed by atoms with van der Waals surface area (Å²) >= 11 is 0. The summed E-state index contributed by atoms with van der Waals surface area (Å²) in [7, 11) is 0. The van der Waals surface area contributed by atoms with Crippen molar-refractivity contribution in [3.05, 3.63) is 0 Å². The zero-order chi connectivity index (χ0) is 10.1. The van der Waals surface area contributed by atoms with E-state index in [4.69, 9.17) is 5.73 Å². The molecule has 0 aromatic rings. The van der Waals surface area contributed by atoms with Gasteiger partial charge in [-0.05, 0) is 25.2 Å². The van der Waals surface area contributed by atoms with Crippen molar-refractivity contribution in [1.29, 1.82) is 0 Å². The molecule has 2 nitrogen and oxygen atoms in total. The normalized spacial score (nSPS) is 24.5. The highest BCUT2D eigenvalue weighted by atomic mass is 19.3. The van der Waals surface area contributed by atoms with Crippen LogP contribution in [0.15, 0.2) is 0 Å². The summed E-state index contributed by atoms with van der Waals surface area (Å²) in [5.41, 5.74) is 5.40. The third-order valence-corrected chi connectivity index (χ3v) is 3.39. The molecule has 0 aromatic heterocycles. The predicted octanol–water partition coefficient (Wildman–Crippen LogP) is 1.36. The fourth-order valence-electron chi connectivity index (χ4n) is 1.57. The quantitative estimate of drug-likeness (QED) is 0.690. The lowest BCUT2D eigenvalue weighted by Gasteiger charge is -2.36. The Balaban J connectivity index is 2.49. The van der Waals surface area contributed by atoms with Crippen molar-refractivity contribution in [2.45, 2.75) is 38.7 Å². The van der Waals surface area contributed by atoms with Crippen LogP contribution >= 0.6 is 0 Å². The lowest BCUT2D eigenvalue weighted by molar-refractivity contribution is 0.117. The molecule has 0 aromatic carbocycles. The Morgan fingerprint density at radius 2 is 2.08 bits per heavy atom. The number of alkyl halides is 2. The average Bonchev–Trinajstić information content (AvgIpc) is 2.81. The van der Waals surface area contributed by atoms with Crippen molar-refractivity contribution in [3.8, 4) is 0 Å². The van der Waals surface area contributed by atoms with Gasteiger partial charge in [-0.25, -0.2) is 8.78 Å². The molecule has 1 fully saturated rings. The van der Waals surface area contributed by atoms with Crippen molar-refractivity contribution < 1.29 is 8.78 Å². The van der Waals surface area contributed by atoms with Gasteiger partial charge in [0.05, 0.1) is 6.54 Å². The van der Waals surface area contributed by atoms with E-state index in [0.717, 1.165) is 12.8 Å². The minimum atomic E-state index is -2.30. The summed E-state index contributed by atoms with van der Waals surface area (Å²) in [6, 6.07) is 0. The van der Waals surface area contributed by atoms with Crippen LogP contribution in [0.2, 0.25) is 0 Å². The molecular formula is C9H18F2N2. The summed E-state index contributed by atoms with van der Waals surface area (Å²) in [6.07, 6.45) is -0.137. The van der Waals surface area contributed by atoms with Crippen LogP contribution in [0, 0.1) is 5.41 Å². The fourth-order valence-corrected chi connectivity index (χ4v) is 1.57. The van der Waals surface area contributed by atoms with Gasteiger partial charge in [-0.3, -0.25) is 0 Å². The molecule has 0 saturated heterocycles. The van der Waals surface area contributed by atoms with E-state index in [2.05, 4.69) is 12.2 Å². The van der Waals surface area contributed by atoms with Crippen LogP contribution in [-0.4, -0.2) is 25.1 Å². The third-order valence-electron chi connectivity index (χ3n) is 3.39. The predicted molar refractivity (Wildman–Crippen MR) is 48.8 cm³/mol. The van der Waals surface area contributed by atoms with Crippen LogP contribution in [0.4, 0.5) is 8.78 Å². The van der Waals surface area contributed by atoms with Gasteiger partial charge in [0.25, 0.3) is 6.43 Å². The minimum absolute atomic E-state index is 0.122. The second kappa shape index (κ2) is 3.50. The first-order chi connectivity index (χ1) is 5.93. The lowest BCUT2D eigenvalue weighted by atomic mass is 9.84. The first kappa shape index (κ1) is 10.9. The second-order valence-corrected chi connectivity index (χ2v) is 4.37. The van der Waals surface area contributed by atoms with Crippen LogP contribution in [0.3, 0.4) is 0 Å². The Morgan fingerprint density at radius 1 is 1.54 bits per heavy atom. The van der Waals surface area contributed by atoms with E-state index in [1.807, 2.05) is 6.92 Å². The summed E-state index contributed by atoms with van der Waals surface area (Å²) in [5, 5.41) is 2.87. The third kappa shape index (κ3) is 2.17. The minimum Gasteiger partial charge on any atom is -0.329 e. The SMILES string of the molecule is CC1(C(C)(CN)NCC(F)F)CC1. The van der Waals surface area contributed by atoms with Crippen molar-refractivity contribution in [1.82, 2.24) is 5.32 Å². The molecule has 1 aliphatic carbocycles. The number of rotatable bonds is 5. The standard InChI is InChI=1S/C9H18F2N2/c1-8(3-4-8)9(2,6-12)13-5-7(10)11/h7,13H,3-6,12H2,1-2H3. The molecule has 0 spiro atoms. The van der Waals surface area contributed by atoms with Gasteiger partial charge in [0.2, 0.25) is 0 Å². The molecule has 0 bridgehead atoms. The number of hydrogen-bond acceptors (Lipinski definition) is 2. The first-order valence-electron chi connectivity index (χ1n) is 4.67. The average molecular weight is 192 g/mol. The number of nitrogens with one attached hydrogen (secondary N) is 1. The van der Waals surface area contributed by atoms with E-state index in [1.165, 1.54) is 0 Å². The second-order valence-electron chi connectivity index (χ2n) is 4.37. The van der Waals surface area contributed by atoms with Crippen molar-refractivity contribution in [2.75, 3.05) is 13.1 Å². The van der Waals surface area contributed by atoms with Gasteiger partial charge < -0.3 is 11.1 Å². The Labute approximate surface area is 77.9 Å². The summed E-state index contributed by atoms with van der Waals surface area (Å²) in [6.45, 7) is 4.18. The molecule has 3 N–H and O–H groups in total. The van der Waals surface area contributed by atoms with Crippen molar-refractivity contribution >= 4 is 0 Å². The maximum atomic E-state index is 12.0. The van der Waals surface area contributed by atoms with Crippen LogP contribution in [-0.2, 0) is 0 Å². The van der Waals surface area contributed by atoms with E-state index in [0.29, 0.717) is 6.54 Å². The molecule has 1 unspecified atom stereocenters. The van der Waals surface area contributed by atoms with Gasteiger partial charge in [0.1, 0.15) is 0 Å². The van der Waals surface area contributed by atoms with Crippen LogP contribution in [0.25, 0.3) is 0 Å². The highest BCUT2D eigenvalue weighted by Gasteiger charge is 2.52. The molecule has 0 heterocycles. The zero-order valence-electron chi connectivity index (χ0n) is 8.24. The molecular weight excluding hydrogens is 174 g/mol. The molecule has 0 radical (unpaired) electrons. The number of halogens is 2. The molecule has 13 heavy (non-hydrogen) atoms. The largest absolute Gasteiger partial charge is 0.329 e. The Bertz CT molecular complexity index is 180. The fraction of sp³-hybridized carbons (Fsp3) is 1.00. The van der Waals surface area contributed by atoms with Gasteiger partial charge in [-0.15, -0.1) is 0 Å². The van der Waals surface area contributed by atoms with E-state index in [1.54, 1.807) is 0 Å². The lowest BCUT2D eigenvalue weighted by Crippen LogP contribution is -2.55. The summed E-state index contributed by atoms with van der Waals surface area (Å²) in [5.74, 6) is 0. The van der Waals surface area contributed by atoms with Gasteiger partial charge in [0, 0.05) is 12.1 Å². The van der Waals surface area contributed by atoms with Gasteiger partial charge in [-0.2, -0.15) is 0 Å². The van der Waals surface area contributed by atoms with E-state index >= 15 is 0 Å². The molecule has 1 rings (SSSR count). The molecule has 1 aliphatic rings. The van der Waals surface area contributed by atoms with Crippen LogP contribution in [0.1, 0.15) is 26.7 Å². The van der Waals surface area contributed by atoms with Gasteiger partial charge >= 0.3 is 0 Å². The monoisotopic (exact) mass is 192 g/mol. The van der Waals surface area contributed by atoms with E-state index < -0.39 is 6.43 Å².